The fourth-order valence-corrected chi connectivity index (χ4v) is 2.20. The number of hydrogen-bond acceptors (Lipinski definition) is 3. The van der Waals surface area contributed by atoms with Crippen LogP contribution in [0.15, 0.2) is 0 Å². The first-order valence-corrected chi connectivity index (χ1v) is 6.55. The number of nitrogens with zero attached hydrogens (tertiary/aromatic N) is 1. The zero-order valence-electron chi connectivity index (χ0n) is 11.4. The van der Waals surface area contributed by atoms with E-state index in [1.165, 1.54) is 4.90 Å². The van der Waals surface area contributed by atoms with Gasteiger partial charge in [0.15, 0.2) is 0 Å². The quantitative estimate of drug-likeness (QED) is 0.810. The summed E-state index contributed by atoms with van der Waals surface area (Å²) in [5.41, 5.74) is 0. The number of aliphatic carboxylic acids is 1. The van der Waals surface area contributed by atoms with Gasteiger partial charge in [-0.2, -0.15) is 0 Å². The van der Waals surface area contributed by atoms with Crippen LogP contribution in [0.25, 0.3) is 0 Å². The second kappa shape index (κ2) is 6.73. The lowest BCUT2D eigenvalue weighted by Gasteiger charge is -2.36. The van der Waals surface area contributed by atoms with Crippen molar-refractivity contribution in [2.45, 2.75) is 52.2 Å². The average molecular weight is 257 g/mol. The molecule has 1 N–H and O–H groups in total. The van der Waals surface area contributed by atoms with Gasteiger partial charge in [-0.1, -0.05) is 6.92 Å². The highest BCUT2D eigenvalue weighted by Gasteiger charge is 2.34. The van der Waals surface area contributed by atoms with Gasteiger partial charge in [-0.25, -0.2) is 4.79 Å². The lowest BCUT2D eigenvalue weighted by Crippen LogP contribution is -2.50. The van der Waals surface area contributed by atoms with Crippen molar-refractivity contribution in [2.75, 3.05) is 13.2 Å². The first kappa shape index (κ1) is 15.0. The number of carboxylic acids is 1. The van der Waals surface area contributed by atoms with Crippen molar-refractivity contribution in [3.8, 4) is 0 Å². The maximum Gasteiger partial charge on any atom is 0.326 e. The van der Waals surface area contributed by atoms with Crippen LogP contribution in [-0.2, 0) is 14.3 Å². The van der Waals surface area contributed by atoms with E-state index in [0.29, 0.717) is 25.5 Å². The summed E-state index contributed by atoms with van der Waals surface area (Å²) in [5.74, 6) is -0.656. The molecule has 2 unspecified atom stereocenters. The number of ether oxygens (including phenoxy) is 1. The molecule has 0 aromatic carbocycles. The summed E-state index contributed by atoms with van der Waals surface area (Å²) in [6.07, 6.45) is 1.78. The monoisotopic (exact) mass is 257 g/mol. The number of carbonyl (C=O) groups is 2. The minimum absolute atomic E-state index is 0.0921. The molecule has 104 valence electrons. The van der Waals surface area contributed by atoms with Gasteiger partial charge in [0, 0.05) is 6.54 Å². The third-order valence-electron chi connectivity index (χ3n) is 3.24. The van der Waals surface area contributed by atoms with Gasteiger partial charge in [-0.05, 0) is 32.6 Å². The van der Waals surface area contributed by atoms with Crippen LogP contribution in [0, 0.1) is 5.92 Å². The predicted octanol–water partition coefficient (Wildman–Crippen LogP) is 1.51. The summed E-state index contributed by atoms with van der Waals surface area (Å²) < 4.78 is 5.33. The Labute approximate surface area is 108 Å². The highest BCUT2D eigenvalue weighted by molar-refractivity contribution is 5.83. The fourth-order valence-electron chi connectivity index (χ4n) is 2.20. The van der Waals surface area contributed by atoms with Gasteiger partial charge in [-0.3, -0.25) is 4.79 Å². The molecule has 1 saturated heterocycles. The predicted molar refractivity (Wildman–Crippen MR) is 67.2 cm³/mol. The summed E-state index contributed by atoms with van der Waals surface area (Å²) in [6.45, 7) is 6.74. The largest absolute Gasteiger partial charge is 0.480 e. The Hall–Kier alpha value is -1.10. The van der Waals surface area contributed by atoms with E-state index in [0.717, 1.165) is 6.42 Å². The van der Waals surface area contributed by atoms with Crippen molar-refractivity contribution in [3.63, 3.8) is 0 Å². The molecule has 0 bridgehead atoms. The Morgan fingerprint density at radius 2 is 2.11 bits per heavy atom. The number of hydrogen-bond donors (Lipinski definition) is 1. The van der Waals surface area contributed by atoms with Crippen LogP contribution in [0.4, 0.5) is 0 Å². The molecule has 5 nitrogen and oxygen atoms in total. The molecule has 1 aliphatic rings. The SMILES string of the molecule is CC1CCN(C(=O)CCOC(C)C)C(C(=O)O)C1. The van der Waals surface area contributed by atoms with Crippen molar-refractivity contribution in [1.82, 2.24) is 4.90 Å². The minimum Gasteiger partial charge on any atom is -0.480 e. The fraction of sp³-hybridized carbons (Fsp3) is 0.846. The van der Waals surface area contributed by atoms with E-state index in [-0.39, 0.29) is 18.4 Å². The summed E-state index contributed by atoms with van der Waals surface area (Å²) >= 11 is 0. The number of piperidine rings is 1. The lowest BCUT2D eigenvalue weighted by atomic mass is 9.92. The van der Waals surface area contributed by atoms with Gasteiger partial charge in [0.25, 0.3) is 0 Å². The Balaban J connectivity index is 2.51. The number of carboxylic acid groups (broad SMARTS) is 1. The van der Waals surface area contributed by atoms with E-state index >= 15 is 0 Å². The van der Waals surface area contributed by atoms with Crippen LogP contribution < -0.4 is 0 Å². The molecule has 0 radical (unpaired) electrons. The van der Waals surface area contributed by atoms with Gasteiger partial charge in [0.1, 0.15) is 6.04 Å². The Morgan fingerprint density at radius 3 is 2.67 bits per heavy atom. The molecule has 0 spiro atoms. The van der Waals surface area contributed by atoms with E-state index in [4.69, 9.17) is 9.84 Å². The molecule has 0 aromatic heterocycles. The molecule has 1 fully saturated rings. The van der Waals surface area contributed by atoms with Crippen LogP contribution in [-0.4, -0.2) is 47.2 Å². The average Bonchev–Trinajstić information content (AvgIpc) is 2.28. The van der Waals surface area contributed by atoms with Crippen LogP contribution >= 0.6 is 0 Å². The number of likely N-dealkylation sites (tertiary alicyclic amines) is 1. The molecule has 1 rings (SSSR count). The normalized spacial score (nSPS) is 24.3. The van der Waals surface area contributed by atoms with E-state index in [1.807, 2.05) is 20.8 Å². The minimum atomic E-state index is -0.903. The Bertz CT molecular complexity index is 303. The topological polar surface area (TPSA) is 66.8 Å². The van der Waals surface area contributed by atoms with E-state index in [9.17, 15) is 9.59 Å². The smallest absolute Gasteiger partial charge is 0.326 e. The van der Waals surface area contributed by atoms with Gasteiger partial charge in [0.2, 0.25) is 5.91 Å². The van der Waals surface area contributed by atoms with Gasteiger partial charge in [0.05, 0.1) is 19.1 Å². The molecule has 1 amide bonds. The molecule has 0 aliphatic carbocycles. The van der Waals surface area contributed by atoms with Crippen LogP contribution in [0.5, 0.6) is 0 Å². The molecule has 0 aromatic rings. The maximum absolute atomic E-state index is 12.0. The number of rotatable bonds is 5. The van der Waals surface area contributed by atoms with Crippen LogP contribution in [0.2, 0.25) is 0 Å². The molecule has 5 heteroatoms. The maximum atomic E-state index is 12.0. The zero-order valence-corrected chi connectivity index (χ0v) is 11.4. The van der Waals surface area contributed by atoms with Crippen LogP contribution in [0.1, 0.15) is 40.0 Å². The molecule has 2 atom stereocenters. The molecule has 0 saturated carbocycles. The van der Waals surface area contributed by atoms with Crippen LogP contribution in [0.3, 0.4) is 0 Å². The molecule has 18 heavy (non-hydrogen) atoms. The highest BCUT2D eigenvalue weighted by atomic mass is 16.5. The molecule has 1 aliphatic heterocycles. The highest BCUT2D eigenvalue weighted by Crippen LogP contribution is 2.23. The first-order chi connectivity index (χ1) is 8.41. The summed E-state index contributed by atoms with van der Waals surface area (Å²) in [4.78, 5) is 24.6. The molecular formula is C13H23NO4. The third-order valence-corrected chi connectivity index (χ3v) is 3.24. The summed E-state index contributed by atoms with van der Waals surface area (Å²) in [5, 5.41) is 9.16. The van der Waals surface area contributed by atoms with Gasteiger partial charge in [-0.15, -0.1) is 0 Å². The summed E-state index contributed by atoms with van der Waals surface area (Å²) in [6, 6.07) is -0.666. The Morgan fingerprint density at radius 1 is 1.44 bits per heavy atom. The Kier molecular flexibility index (Phi) is 5.59. The zero-order chi connectivity index (χ0) is 13.7. The van der Waals surface area contributed by atoms with Crippen molar-refractivity contribution in [1.29, 1.82) is 0 Å². The lowest BCUT2D eigenvalue weighted by molar-refractivity contribution is -0.153. The number of carbonyl (C=O) groups excluding carboxylic acids is 1. The second-order valence-electron chi connectivity index (χ2n) is 5.24. The summed E-state index contributed by atoms with van der Waals surface area (Å²) in [7, 11) is 0. The number of amides is 1. The van der Waals surface area contributed by atoms with E-state index in [2.05, 4.69) is 0 Å². The van der Waals surface area contributed by atoms with Crippen molar-refractivity contribution in [3.05, 3.63) is 0 Å². The molecule has 1 heterocycles. The van der Waals surface area contributed by atoms with Crippen molar-refractivity contribution < 1.29 is 19.4 Å². The molecular weight excluding hydrogens is 234 g/mol. The van der Waals surface area contributed by atoms with E-state index < -0.39 is 12.0 Å². The third kappa shape index (κ3) is 4.29. The second-order valence-corrected chi connectivity index (χ2v) is 5.24. The van der Waals surface area contributed by atoms with E-state index in [1.54, 1.807) is 0 Å². The van der Waals surface area contributed by atoms with Crippen molar-refractivity contribution >= 4 is 11.9 Å². The van der Waals surface area contributed by atoms with Crippen molar-refractivity contribution in [2.24, 2.45) is 5.92 Å². The van der Waals surface area contributed by atoms with Gasteiger partial charge < -0.3 is 14.7 Å². The first-order valence-electron chi connectivity index (χ1n) is 6.55. The van der Waals surface area contributed by atoms with Gasteiger partial charge >= 0.3 is 5.97 Å². The standard InChI is InChI=1S/C13H23NO4/c1-9(2)18-7-5-12(15)14-6-4-10(3)8-11(14)13(16)17/h9-11H,4-8H2,1-3H3,(H,16,17).